The van der Waals surface area contributed by atoms with Crippen LogP contribution in [0, 0.1) is 0 Å². The van der Waals surface area contributed by atoms with Gasteiger partial charge in [-0.1, -0.05) is 200 Å². The molecule has 0 amide bonds. The Morgan fingerprint density at radius 3 is 1.07 bits per heavy atom. The van der Waals surface area contributed by atoms with Crippen LogP contribution in [0.1, 0.15) is 0 Å². The van der Waals surface area contributed by atoms with Crippen LogP contribution in [0.3, 0.4) is 0 Å². The van der Waals surface area contributed by atoms with Crippen molar-refractivity contribution in [3.63, 3.8) is 0 Å². The number of aromatic nitrogens is 5. The monoisotopic (exact) mass is 917 g/mol. The molecule has 0 unspecified atom stereocenters. The molecule has 0 aliphatic rings. The van der Waals surface area contributed by atoms with E-state index in [1.54, 1.807) is 0 Å². The molecule has 0 radical (unpaired) electrons. The topological polar surface area (TPSA) is 48.5 Å². The predicted molar refractivity (Wildman–Crippen MR) is 299 cm³/mol. The normalized spacial score (nSPS) is 11.6. The molecule has 0 saturated carbocycles. The van der Waals surface area contributed by atoms with Crippen LogP contribution in [0.4, 0.5) is 0 Å². The maximum absolute atomic E-state index is 5.58. The fourth-order valence-electron chi connectivity index (χ4n) is 10.7. The Hall–Kier alpha value is -9.71. The molecule has 0 bridgehead atoms. The predicted octanol–water partition coefficient (Wildman–Crippen LogP) is 17.2. The van der Waals surface area contributed by atoms with E-state index in [9.17, 15) is 0 Å². The number of rotatable bonds is 8. The van der Waals surface area contributed by atoms with Gasteiger partial charge in [0.2, 0.25) is 5.95 Å². The summed E-state index contributed by atoms with van der Waals surface area (Å²) in [5.41, 5.74) is 16.3. The molecular formula is C67H43N5. The molecule has 3 aromatic heterocycles. The highest BCUT2D eigenvalue weighted by atomic mass is 15.2. The van der Waals surface area contributed by atoms with Crippen molar-refractivity contribution in [2.45, 2.75) is 0 Å². The van der Waals surface area contributed by atoms with Gasteiger partial charge in [0.15, 0.2) is 11.6 Å². The van der Waals surface area contributed by atoms with Gasteiger partial charge in [-0.25, -0.2) is 4.98 Å². The molecule has 72 heavy (non-hydrogen) atoms. The fraction of sp³-hybridized carbons (Fsp3) is 0. The minimum absolute atomic E-state index is 0.542. The molecule has 14 aromatic rings. The Bertz CT molecular complexity index is 4170. The van der Waals surface area contributed by atoms with E-state index in [2.05, 4.69) is 270 Å². The van der Waals surface area contributed by atoms with E-state index in [4.69, 9.17) is 15.0 Å². The summed E-state index contributed by atoms with van der Waals surface area (Å²) in [5, 5.41) is 6.77. The molecule has 0 spiro atoms. The lowest BCUT2D eigenvalue weighted by atomic mass is 10.0. The zero-order valence-electron chi connectivity index (χ0n) is 39.1. The minimum Gasteiger partial charge on any atom is -0.309 e. The lowest BCUT2D eigenvalue weighted by molar-refractivity contribution is 0.952. The largest absolute Gasteiger partial charge is 0.309 e. The van der Waals surface area contributed by atoms with Crippen molar-refractivity contribution in [2.75, 3.05) is 0 Å². The molecular weight excluding hydrogens is 875 g/mol. The summed E-state index contributed by atoms with van der Waals surface area (Å²) >= 11 is 0. The molecule has 14 rings (SSSR count). The van der Waals surface area contributed by atoms with Gasteiger partial charge >= 0.3 is 0 Å². The van der Waals surface area contributed by atoms with Crippen LogP contribution in [0.15, 0.2) is 261 Å². The molecule has 5 heteroatoms. The lowest BCUT2D eigenvalue weighted by Gasteiger charge is -2.16. The molecule has 0 N–H and O–H groups in total. The zero-order valence-corrected chi connectivity index (χ0v) is 39.1. The summed E-state index contributed by atoms with van der Waals surface area (Å²) < 4.78 is 4.62. The van der Waals surface area contributed by atoms with Crippen molar-refractivity contribution in [3.05, 3.63) is 261 Å². The Kier molecular flexibility index (Phi) is 9.78. The summed E-state index contributed by atoms with van der Waals surface area (Å²) in [6.07, 6.45) is 0. The van der Waals surface area contributed by atoms with Crippen LogP contribution in [-0.2, 0) is 0 Å². The maximum atomic E-state index is 5.58. The van der Waals surface area contributed by atoms with Crippen molar-refractivity contribution in [3.8, 4) is 78.9 Å². The van der Waals surface area contributed by atoms with Gasteiger partial charge in [0.25, 0.3) is 0 Å². The first kappa shape index (κ1) is 41.3. The standard InChI is InChI=1S/C67H43N5/c1-5-18-44(19-6-1)49-32-36-61-56(40-49)57-41-50(45-20-7-2-8-21-45)33-37-62(57)71(61)60-31-16-15-29-55(60)66-68-65(54-30-17-27-48-26-13-14-28-53(48)54)69-67(70-66)72-63-38-34-51(46-22-9-3-10-23-46)42-58(63)59-43-52(35-39-64(59)72)47-24-11-4-12-25-47/h1-43H. The third kappa shape index (κ3) is 6.98. The van der Waals surface area contributed by atoms with Gasteiger partial charge in [-0.3, -0.25) is 4.57 Å². The molecule has 11 aromatic carbocycles. The molecule has 0 aliphatic carbocycles. The highest BCUT2D eigenvalue weighted by Crippen LogP contribution is 2.41. The Labute approximate surface area is 416 Å². The average molecular weight is 918 g/mol. The summed E-state index contributed by atoms with van der Waals surface area (Å²) in [6, 6.07) is 93.0. The van der Waals surface area contributed by atoms with Crippen LogP contribution in [0.25, 0.3) is 133 Å². The third-order valence-electron chi connectivity index (χ3n) is 14.2. The number of benzene rings is 11. The van der Waals surface area contributed by atoms with Gasteiger partial charge in [0.1, 0.15) is 0 Å². The number of nitrogens with zero attached hydrogens (tertiary/aromatic N) is 5. The molecule has 336 valence electrons. The van der Waals surface area contributed by atoms with E-state index >= 15 is 0 Å². The van der Waals surface area contributed by atoms with Gasteiger partial charge < -0.3 is 4.57 Å². The van der Waals surface area contributed by atoms with Crippen molar-refractivity contribution in [2.24, 2.45) is 0 Å². The highest BCUT2D eigenvalue weighted by molar-refractivity contribution is 6.13. The van der Waals surface area contributed by atoms with Crippen LogP contribution < -0.4 is 0 Å². The molecule has 3 heterocycles. The van der Waals surface area contributed by atoms with E-state index in [0.717, 1.165) is 82.7 Å². The van der Waals surface area contributed by atoms with Gasteiger partial charge in [-0.15, -0.1) is 0 Å². The van der Waals surface area contributed by atoms with E-state index in [1.165, 1.54) is 33.0 Å². The van der Waals surface area contributed by atoms with E-state index in [1.807, 2.05) is 0 Å². The Morgan fingerprint density at radius 1 is 0.236 bits per heavy atom. The number of fused-ring (bicyclic) bond motifs is 7. The van der Waals surface area contributed by atoms with E-state index in [-0.39, 0.29) is 0 Å². The number of para-hydroxylation sites is 1. The number of hydrogen-bond donors (Lipinski definition) is 0. The first-order valence-electron chi connectivity index (χ1n) is 24.4. The van der Waals surface area contributed by atoms with Crippen molar-refractivity contribution in [1.82, 2.24) is 24.1 Å². The molecule has 0 atom stereocenters. The third-order valence-corrected chi connectivity index (χ3v) is 14.2. The Morgan fingerprint density at radius 2 is 0.597 bits per heavy atom. The fourth-order valence-corrected chi connectivity index (χ4v) is 10.7. The van der Waals surface area contributed by atoms with Gasteiger partial charge in [0.05, 0.1) is 27.8 Å². The zero-order chi connectivity index (χ0) is 47.5. The first-order chi connectivity index (χ1) is 35.7. The maximum Gasteiger partial charge on any atom is 0.238 e. The summed E-state index contributed by atoms with van der Waals surface area (Å²) in [6.45, 7) is 0. The quantitative estimate of drug-likeness (QED) is 0.153. The Balaban J connectivity index is 1.04. The van der Waals surface area contributed by atoms with Gasteiger partial charge in [-0.05, 0) is 116 Å². The van der Waals surface area contributed by atoms with Gasteiger partial charge in [0, 0.05) is 32.7 Å². The second-order valence-corrected chi connectivity index (χ2v) is 18.4. The summed E-state index contributed by atoms with van der Waals surface area (Å²) in [5.74, 6) is 1.72. The molecule has 0 fully saturated rings. The van der Waals surface area contributed by atoms with Crippen molar-refractivity contribution >= 4 is 54.4 Å². The lowest BCUT2D eigenvalue weighted by Crippen LogP contribution is -2.08. The van der Waals surface area contributed by atoms with Crippen LogP contribution in [0.2, 0.25) is 0 Å². The average Bonchev–Trinajstić information content (AvgIpc) is 3.97. The highest BCUT2D eigenvalue weighted by Gasteiger charge is 2.23. The summed E-state index contributed by atoms with van der Waals surface area (Å²) in [4.78, 5) is 16.6. The van der Waals surface area contributed by atoms with Crippen molar-refractivity contribution < 1.29 is 0 Å². The van der Waals surface area contributed by atoms with Crippen molar-refractivity contribution in [1.29, 1.82) is 0 Å². The van der Waals surface area contributed by atoms with E-state index in [0.29, 0.717) is 17.6 Å². The SMILES string of the molecule is c1ccc(-c2ccc3c(c2)c2cc(-c4ccccc4)ccc2n3-c2nc(-c3ccccc3-n3c4ccc(-c5ccccc5)cc4c4cc(-c5ccccc5)ccc43)nc(-c3cccc4ccccc34)n2)cc1. The van der Waals surface area contributed by atoms with Gasteiger partial charge in [-0.2, -0.15) is 9.97 Å². The minimum atomic E-state index is 0.542. The van der Waals surface area contributed by atoms with Crippen LogP contribution >= 0.6 is 0 Å². The molecule has 5 nitrogen and oxygen atoms in total. The molecule has 0 aliphatic heterocycles. The smallest absolute Gasteiger partial charge is 0.238 e. The van der Waals surface area contributed by atoms with Crippen LogP contribution in [-0.4, -0.2) is 24.1 Å². The first-order valence-corrected chi connectivity index (χ1v) is 24.4. The second-order valence-electron chi connectivity index (χ2n) is 18.4. The van der Waals surface area contributed by atoms with E-state index < -0.39 is 0 Å². The second kappa shape index (κ2) is 17.1. The summed E-state index contributed by atoms with van der Waals surface area (Å²) in [7, 11) is 0. The van der Waals surface area contributed by atoms with Crippen LogP contribution in [0.5, 0.6) is 0 Å². The molecule has 0 saturated heterocycles. The number of hydrogen-bond acceptors (Lipinski definition) is 3.